The van der Waals surface area contributed by atoms with Gasteiger partial charge in [-0.25, -0.2) is 8.42 Å². The Morgan fingerprint density at radius 1 is 1.39 bits per heavy atom. The van der Waals surface area contributed by atoms with E-state index in [1.165, 1.54) is 0 Å². The van der Waals surface area contributed by atoms with Crippen LogP contribution in [0, 0.1) is 0 Å². The normalized spacial score (nSPS) is 11.2. The van der Waals surface area contributed by atoms with Gasteiger partial charge < -0.3 is 10.6 Å². The zero-order valence-electron chi connectivity index (χ0n) is 9.94. The highest BCUT2D eigenvalue weighted by atomic mass is 35.5. The van der Waals surface area contributed by atoms with E-state index in [2.05, 4.69) is 10.6 Å². The molecule has 0 saturated heterocycles. The number of hydrogen-bond acceptors (Lipinski definition) is 4. The fourth-order valence-corrected chi connectivity index (χ4v) is 1.94. The molecule has 0 radical (unpaired) electrons. The first-order valence-corrected chi connectivity index (χ1v) is 7.74. The predicted octanol–water partition coefficient (Wildman–Crippen LogP) is 0.913. The quantitative estimate of drug-likeness (QED) is 0.764. The highest BCUT2D eigenvalue weighted by Crippen LogP contribution is 2.14. The fraction of sp³-hybridized carbons (Fsp3) is 0.364. The van der Waals surface area contributed by atoms with Crippen molar-refractivity contribution < 1.29 is 13.2 Å². The molecular weight excluding hydrogens is 276 g/mol. The number of carbonyl (C=O) groups is 1. The lowest BCUT2D eigenvalue weighted by Crippen LogP contribution is -2.31. The Kier molecular flexibility index (Phi) is 5.58. The van der Waals surface area contributed by atoms with Crippen molar-refractivity contribution in [3.8, 4) is 0 Å². The van der Waals surface area contributed by atoms with Crippen LogP contribution in [0.3, 0.4) is 0 Å². The van der Waals surface area contributed by atoms with Gasteiger partial charge >= 0.3 is 0 Å². The number of anilines is 1. The summed E-state index contributed by atoms with van der Waals surface area (Å²) >= 11 is 5.77. The maximum absolute atomic E-state index is 11.5. The van der Waals surface area contributed by atoms with E-state index in [4.69, 9.17) is 11.6 Å². The average Bonchev–Trinajstić information content (AvgIpc) is 2.23. The van der Waals surface area contributed by atoms with E-state index >= 15 is 0 Å². The lowest BCUT2D eigenvalue weighted by atomic mass is 10.3. The van der Waals surface area contributed by atoms with Crippen LogP contribution in [-0.4, -0.2) is 39.4 Å². The predicted molar refractivity (Wildman–Crippen MR) is 72.7 cm³/mol. The first-order valence-electron chi connectivity index (χ1n) is 5.31. The molecule has 0 unspecified atom stereocenters. The van der Waals surface area contributed by atoms with Crippen LogP contribution in [0.15, 0.2) is 24.3 Å². The Morgan fingerprint density at radius 3 is 2.72 bits per heavy atom. The smallest absolute Gasteiger partial charge is 0.238 e. The monoisotopic (exact) mass is 290 g/mol. The molecule has 0 aliphatic rings. The van der Waals surface area contributed by atoms with Gasteiger partial charge in [-0.3, -0.25) is 4.79 Å². The minimum absolute atomic E-state index is 0.0114. The van der Waals surface area contributed by atoms with Crippen LogP contribution in [0.5, 0.6) is 0 Å². The second-order valence-corrected chi connectivity index (χ2v) is 6.56. The maximum atomic E-state index is 11.5. The number of halogens is 1. The summed E-state index contributed by atoms with van der Waals surface area (Å²) in [5.41, 5.74) is 0.609. The van der Waals surface area contributed by atoms with Gasteiger partial charge in [0.2, 0.25) is 5.91 Å². The molecule has 2 N–H and O–H groups in total. The molecule has 7 heteroatoms. The first kappa shape index (κ1) is 14.9. The van der Waals surface area contributed by atoms with Gasteiger partial charge in [0, 0.05) is 23.5 Å². The molecule has 1 rings (SSSR count). The van der Waals surface area contributed by atoms with E-state index in [-0.39, 0.29) is 24.7 Å². The van der Waals surface area contributed by atoms with Gasteiger partial charge in [0.05, 0.1) is 12.3 Å². The van der Waals surface area contributed by atoms with Crippen LogP contribution < -0.4 is 10.6 Å². The number of hydrogen-bond donors (Lipinski definition) is 2. The molecule has 0 aromatic heterocycles. The molecule has 0 fully saturated rings. The molecule has 0 saturated carbocycles. The van der Waals surface area contributed by atoms with Crippen LogP contribution in [0.25, 0.3) is 0 Å². The van der Waals surface area contributed by atoms with Crippen molar-refractivity contribution in [1.82, 2.24) is 5.32 Å². The summed E-state index contributed by atoms with van der Waals surface area (Å²) in [4.78, 5) is 11.5. The maximum Gasteiger partial charge on any atom is 0.238 e. The molecule has 0 spiro atoms. The van der Waals surface area contributed by atoms with E-state index in [0.29, 0.717) is 10.7 Å². The highest BCUT2D eigenvalue weighted by molar-refractivity contribution is 7.90. The lowest BCUT2D eigenvalue weighted by molar-refractivity contribution is -0.115. The van der Waals surface area contributed by atoms with Gasteiger partial charge in [0.25, 0.3) is 0 Å². The van der Waals surface area contributed by atoms with E-state index < -0.39 is 9.84 Å². The van der Waals surface area contributed by atoms with Crippen LogP contribution in [0.4, 0.5) is 5.69 Å². The van der Waals surface area contributed by atoms with Crippen molar-refractivity contribution in [1.29, 1.82) is 0 Å². The van der Waals surface area contributed by atoms with Gasteiger partial charge in [-0.2, -0.15) is 0 Å². The van der Waals surface area contributed by atoms with Crippen molar-refractivity contribution in [3.63, 3.8) is 0 Å². The van der Waals surface area contributed by atoms with Crippen LogP contribution in [-0.2, 0) is 14.6 Å². The Hall–Kier alpha value is -1.11. The number of benzene rings is 1. The Bertz CT molecular complexity index is 517. The summed E-state index contributed by atoms with van der Waals surface area (Å²) in [6, 6.07) is 6.80. The summed E-state index contributed by atoms with van der Waals surface area (Å²) < 4.78 is 21.7. The third-order valence-corrected chi connectivity index (χ3v) is 3.22. The topological polar surface area (TPSA) is 75.3 Å². The Balaban J connectivity index is 2.30. The van der Waals surface area contributed by atoms with Crippen molar-refractivity contribution in [3.05, 3.63) is 29.3 Å². The first-order chi connectivity index (χ1) is 8.37. The lowest BCUT2D eigenvalue weighted by Gasteiger charge is -2.06. The standard InChI is InChI=1S/C11H15ClN2O3S/c1-18(16,17)6-5-13-8-11(15)14-10-4-2-3-9(12)7-10/h2-4,7,13H,5-6,8H2,1H3,(H,14,15). The molecule has 5 nitrogen and oxygen atoms in total. The van der Waals surface area contributed by atoms with Crippen LogP contribution in [0.1, 0.15) is 0 Å². The molecule has 100 valence electrons. The molecule has 18 heavy (non-hydrogen) atoms. The van der Waals surface area contributed by atoms with E-state index in [9.17, 15) is 13.2 Å². The Labute approximate surface area is 111 Å². The molecule has 0 aliphatic carbocycles. The minimum atomic E-state index is -3.00. The highest BCUT2D eigenvalue weighted by Gasteiger charge is 2.04. The second-order valence-electron chi connectivity index (χ2n) is 3.87. The number of amides is 1. The van der Waals surface area contributed by atoms with E-state index in [0.717, 1.165) is 6.26 Å². The molecular formula is C11H15ClN2O3S. The molecule has 0 heterocycles. The molecule has 1 aromatic carbocycles. The van der Waals surface area contributed by atoms with Crippen molar-refractivity contribution >= 4 is 33.0 Å². The summed E-state index contributed by atoms with van der Waals surface area (Å²) in [6.45, 7) is 0.309. The fourth-order valence-electron chi connectivity index (χ4n) is 1.23. The van der Waals surface area contributed by atoms with E-state index in [1.54, 1.807) is 24.3 Å². The Morgan fingerprint density at radius 2 is 2.11 bits per heavy atom. The number of sulfone groups is 1. The molecule has 0 atom stereocenters. The van der Waals surface area contributed by atoms with Crippen molar-refractivity contribution in [2.45, 2.75) is 0 Å². The van der Waals surface area contributed by atoms with Gasteiger partial charge in [0.15, 0.2) is 0 Å². The second kappa shape index (κ2) is 6.72. The third kappa shape index (κ3) is 6.58. The van der Waals surface area contributed by atoms with Crippen molar-refractivity contribution in [2.24, 2.45) is 0 Å². The molecule has 1 amide bonds. The molecule has 1 aromatic rings. The SMILES string of the molecule is CS(=O)(=O)CCNCC(=O)Nc1cccc(Cl)c1. The zero-order valence-corrected chi connectivity index (χ0v) is 11.5. The van der Waals surface area contributed by atoms with E-state index in [1.807, 2.05) is 0 Å². The zero-order chi connectivity index (χ0) is 13.6. The summed E-state index contributed by atoms with van der Waals surface area (Å²) in [6.07, 6.45) is 1.15. The van der Waals surface area contributed by atoms with Crippen LogP contribution >= 0.6 is 11.6 Å². The average molecular weight is 291 g/mol. The number of rotatable bonds is 6. The summed E-state index contributed by atoms with van der Waals surface area (Å²) in [5, 5.41) is 5.94. The largest absolute Gasteiger partial charge is 0.325 e. The third-order valence-electron chi connectivity index (χ3n) is 2.04. The summed E-state index contributed by atoms with van der Waals surface area (Å²) in [5.74, 6) is -0.233. The summed E-state index contributed by atoms with van der Waals surface area (Å²) in [7, 11) is -3.00. The minimum Gasteiger partial charge on any atom is -0.325 e. The van der Waals surface area contributed by atoms with Crippen LogP contribution in [0.2, 0.25) is 5.02 Å². The molecule has 0 bridgehead atoms. The molecule has 0 aliphatic heterocycles. The van der Waals surface area contributed by atoms with Crippen molar-refractivity contribution in [2.75, 3.05) is 30.4 Å². The van der Waals surface area contributed by atoms with Gasteiger partial charge in [-0.05, 0) is 18.2 Å². The van der Waals surface area contributed by atoms with Gasteiger partial charge in [-0.1, -0.05) is 17.7 Å². The number of carbonyl (C=O) groups excluding carboxylic acids is 1. The number of nitrogens with one attached hydrogen (secondary N) is 2. The van der Waals surface area contributed by atoms with Gasteiger partial charge in [0.1, 0.15) is 9.84 Å². The van der Waals surface area contributed by atoms with Gasteiger partial charge in [-0.15, -0.1) is 0 Å².